The fourth-order valence-corrected chi connectivity index (χ4v) is 2.59. The molecule has 0 amide bonds. The van der Waals surface area contributed by atoms with E-state index in [1.165, 1.54) is 0 Å². The molecule has 2 rings (SSSR count). The maximum atomic E-state index is 14.0. The number of carboxylic acid groups (broad SMARTS) is 1. The number of hydrogen-bond acceptors (Lipinski definition) is 1. The molecule has 2 nitrogen and oxygen atoms in total. The number of hydrogen-bond donors (Lipinski definition) is 1. The minimum atomic E-state index is -0.990. The molecule has 1 saturated carbocycles. The molecule has 0 aliphatic heterocycles. The third kappa shape index (κ3) is 1.51. The molecule has 86 valence electrons. The van der Waals surface area contributed by atoms with E-state index in [1.807, 2.05) is 0 Å². The minimum Gasteiger partial charge on any atom is -0.481 e. The van der Waals surface area contributed by atoms with Crippen LogP contribution in [0.25, 0.3) is 0 Å². The molecule has 0 bridgehead atoms. The van der Waals surface area contributed by atoms with Crippen molar-refractivity contribution in [3.8, 4) is 0 Å². The second kappa shape index (κ2) is 3.89. The second-order valence-electron chi connectivity index (χ2n) is 4.53. The Kier molecular flexibility index (Phi) is 2.70. The first-order chi connectivity index (χ1) is 7.58. The predicted octanol–water partition coefficient (Wildman–Crippen LogP) is 3.03. The van der Waals surface area contributed by atoms with Gasteiger partial charge in [0, 0.05) is 5.56 Å². The van der Waals surface area contributed by atoms with E-state index >= 15 is 0 Å². The molecule has 0 heterocycles. The van der Waals surface area contributed by atoms with E-state index < -0.39 is 11.4 Å². The molecule has 0 aromatic heterocycles. The average Bonchev–Trinajstić information content (AvgIpc) is 2.72. The van der Waals surface area contributed by atoms with Gasteiger partial charge in [0.25, 0.3) is 0 Å². The van der Waals surface area contributed by atoms with E-state index in [2.05, 4.69) is 0 Å². The van der Waals surface area contributed by atoms with Gasteiger partial charge in [-0.15, -0.1) is 0 Å². The van der Waals surface area contributed by atoms with E-state index in [1.54, 1.807) is 25.1 Å². The molecule has 1 N–H and O–H groups in total. The van der Waals surface area contributed by atoms with E-state index in [9.17, 15) is 14.3 Å². The Balaban J connectivity index is 2.56. The van der Waals surface area contributed by atoms with Crippen LogP contribution >= 0.6 is 0 Å². The average molecular weight is 222 g/mol. The third-order valence-corrected chi connectivity index (χ3v) is 3.57. The van der Waals surface area contributed by atoms with Gasteiger partial charge in [-0.3, -0.25) is 4.79 Å². The van der Waals surface area contributed by atoms with Gasteiger partial charge in [-0.05, 0) is 25.3 Å². The molecule has 1 aromatic carbocycles. The van der Waals surface area contributed by atoms with Gasteiger partial charge in [0.15, 0.2) is 0 Å². The second-order valence-corrected chi connectivity index (χ2v) is 4.53. The molecule has 1 aromatic rings. The van der Waals surface area contributed by atoms with Crippen LogP contribution in [-0.2, 0) is 10.2 Å². The van der Waals surface area contributed by atoms with Crippen molar-refractivity contribution in [3.63, 3.8) is 0 Å². The van der Waals surface area contributed by atoms with Crippen LogP contribution in [0, 0.1) is 12.7 Å². The van der Waals surface area contributed by atoms with E-state index in [0.717, 1.165) is 12.8 Å². The Morgan fingerprint density at radius 3 is 2.56 bits per heavy atom. The highest BCUT2D eigenvalue weighted by molar-refractivity contribution is 5.82. The normalized spacial score (nSPS) is 18.6. The number of carbonyl (C=O) groups is 1. The van der Waals surface area contributed by atoms with Gasteiger partial charge < -0.3 is 5.11 Å². The molecular formula is C13H15FO2. The van der Waals surface area contributed by atoms with Crippen molar-refractivity contribution < 1.29 is 14.3 Å². The SMILES string of the molecule is Cc1cccc(C2(C(=O)O)CCCC2)c1F. The Morgan fingerprint density at radius 2 is 2.00 bits per heavy atom. The summed E-state index contributed by atoms with van der Waals surface area (Å²) in [4.78, 5) is 11.4. The molecule has 0 unspecified atom stereocenters. The molecule has 16 heavy (non-hydrogen) atoms. The Hall–Kier alpha value is -1.38. The van der Waals surface area contributed by atoms with Crippen LogP contribution in [0.5, 0.6) is 0 Å². The summed E-state index contributed by atoms with van der Waals surface area (Å²) in [5, 5.41) is 9.37. The molecule has 0 atom stereocenters. The molecule has 1 fully saturated rings. The lowest BCUT2D eigenvalue weighted by molar-refractivity contribution is -0.143. The molecule has 0 radical (unpaired) electrons. The monoisotopic (exact) mass is 222 g/mol. The highest BCUT2D eigenvalue weighted by atomic mass is 19.1. The van der Waals surface area contributed by atoms with Gasteiger partial charge in [-0.25, -0.2) is 4.39 Å². The van der Waals surface area contributed by atoms with Gasteiger partial charge in [0.1, 0.15) is 5.82 Å². The van der Waals surface area contributed by atoms with Gasteiger partial charge in [-0.2, -0.15) is 0 Å². The summed E-state index contributed by atoms with van der Waals surface area (Å²) >= 11 is 0. The summed E-state index contributed by atoms with van der Waals surface area (Å²) < 4.78 is 14.0. The van der Waals surface area contributed by atoms with E-state index in [4.69, 9.17) is 0 Å². The summed E-state index contributed by atoms with van der Waals surface area (Å²) in [7, 11) is 0. The van der Waals surface area contributed by atoms with Crippen LogP contribution in [-0.4, -0.2) is 11.1 Å². The third-order valence-electron chi connectivity index (χ3n) is 3.57. The Bertz CT molecular complexity index is 420. The van der Waals surface area contributed by atoms with Gasteiger partial charge >= 0.3 is 5.97 Å². The zero-order chi connectivity index (χ0) is 11.8. The van der Waals surface area contributed by atoms with Crippen LogP contribution in [0.2, 0.25) is 0 Å². The lowest BCUT2D eigenvalue weighted by Gasteiger charge is -2.25. The largest absolute Gasteiger partial charge is 0.481 e. The fourth-order valence-electron chi connectivity index (χ4n) is 2.59. The van der Waals surface area contributed by atoms with Crippen molar-refractivity contribution in [2.45, 2.75) is 38.0 Å². The molecule has 1 aliphatic rings. The first-order valence-electron chi connectivity index (χ1n) is 5.57. The van der Waals surface area contributed by atoms with Crippen molar-refractivity contribution in [2.24, 2.45) is 0 Å². The fraction of sp³-hybridized carbons (Fsp3) is 0.462. The van der Waals surface area contributed by atoms with Crippen molar-refractivity contribution >= 4 is 5.97 Å². The first-order valence-corrected chi connectivity index (χ1v) is 5.57. The number of benzene rings is 1. The zero-order valence-corrected chi connectivity index (χ0v) is 9.29. The number of rotatable bonds is 2. The van der Waals surface area contributed by atoms with Crippen molar-refractivity contribution in [3.05, 3.63) is 35.1 Å². The first kappa shape index (κ1) is 11.1. The summed E-state index contributed by atoms with van der Waals surface area (Å²) in [6.45, 7) is 1.67. The van der Waals surface area contributed by atoms with Crippen LogP contribution in [0.4, 0.5) is 4.39 Å². The summed E-state index contributed by atoms with van der Waals surface area (Å²) in [6.07, 6.45) is 2.81. The highest BCUT2D eigenvalue weighted by Gasteiger charge is 2.44. The van der Waals surface area contributed by atoms with Crippen LogP contribution < -0.4 is 0 Å². The summed E-state index contributed by atoms with van der Waals surface area (Å²) in [5.41, 5.74) is -0.113. The van der Waals surface area contributed by atoms with E-state index in [0.29, 0.717) is 24.0 Å². The maximum Gasteiger partial charge on any atom is 0.314 e. The number of aliphatic carboxylic acids is 1. The van der Waals surface area contributed by atoms with Crippen LogP contribution in [0.1, 0.15) is 36.8 Å². The van der Waals surface area contributed by atoms with Crippen LogP contribution in [0.15, 0.2) is 18.2 Å². The Labute approximate surface area is 94.1 Å². The number of halogens is 1. The lowest BCUT2D eigenvalue weighted by Crippen LogP contribution is -2.33. The van der Waals surface area contributed by atoms with E-state index in [-0.39, 0.29) is 5.82 Å². The predicted molar refractivity (Wildman–Crippen MR) is 58.9 cm³/mol. The Morgan fingerprint density at radius 1 is 1.38 bits per heavy atom. The van der Waals surface area contributed by atoms with Gasteiger partial charge in [0.2, 0.25) is 0 Å². The van der Waals surface area contributed by atoms with Gasteiger partial charge in [-0.1, -0.05) is 31.0 Å². The molecule has 3 heteroatoms. The smallest absolute Gasteiger partial charge is 0.314 e. The summed E-state index contributed by atoms with van der Waals surface area (Å²) in [5.74, 6) is -1.25. The standard InChI is InChI=1S/C13H15FO2/c1-9-5-4-6-10(11(9)14)13(12(15)16)7-2-3-8-13/h4-6H,2-3,7-8H2,1H3,(H,15,16). The lowest BCUT2D eigenvalue weighted by atomic mass is 9.78. The quantitative estimate of drug-likeness (QED) is 0.835. The maximum absolute atomic E-state index is 14.0. The summed E-state index contributed by atoms with van der Waals surface area (Å²) in [6, 6.07) is 5.02. The number of aryl methyl sites for hydroxylation is 1. The number of carboxylic acids is 1. The van der Waals surface area contributed by atoms with Crippen molar-refractivity contribution in [2.75, 3.05) is 0 Å². The minimum absolute atomic E-state index is 0.355. The molecule has 1 aliphatic carbocycles. The topological polar surface area (TPSA) is 37.3 Å². The van der Waals surface area contributed by atoms with Crippen LogP contribution in [0.3, 0.4) is 0 Å². The molecule has 0 spiro atoms. The van der Waals surface area contributed by atoms with Crippen molar-refractivity contribution in [1.29, 1.82) is 0 Å². The zero-order valence-electron chi connectivity index (χ0n) is 9.29. The van der Waals surface area contributed by atoms with Gasteiger partial charge in [0.05, 0.1) is 5.41 Å². The highest BCUT2D eigenvalue weighted by Crippen LogP contribution is 2.42. The molecule has 0 saturated heterocycles. The van der Waals surface area contributed by atoms with Crippen molar-refractivity contribution in [1.82, 2.24) is 0 Å². The molecular weight excluding hydrogens is 207 g/mol.